The van der Waals surface area contributed by atoms with Crippen LogP contribution in [0.3, 0.4) is 0 Å². The number of thiophene rings is 1. The third-order valence-corrected chi connectivity index (χ3v) is 13.3. The van der Waals surface area contributed by atoms with Gasteiger partial charge < -0.3 is 4.90 Å². The summed E-state index contributed by atoms with van der Waals surface area (Å²) in [6.07, 6.45) is 0. The average Bonchev–Trinajstić information content (AvgIpc) is 3.76. The quantitative estimate of drug-likeness (QED) is 0.164. The van der Waals surface area contributed by atoms with Gasteiger partial charge in [0.05, 0.1) is 5.69 Å². The molecule has 0 unspecified atom stereocenters. The highest BCUT2D eigenvalue weighted by atomic mass is 32.1. The number of benzene rings is 9. The van der Waals surface area contributed by atoms with Crippen LogP contribution in [0.4, 0.5) is 17.1 Å². The third kappa shape index (κ3) is 5.44. The van der Waals surface area contributed by atoms with Crippen LogP contribution in [0.1, 0.15) is 25.0 Å². The lowest BCUT2D eigenvalue weighted by Gasteiger charge is -2.30. The van der Waals surface area contributed by atoms with Gasteiger partial charge in [0.2, 0.25) is 0 Å². The average molecular weight is 746 g/mol. The monoisotopic (exact) mass is 745 g/mol. The molecule has 1 heterocycles. The fourth-order valence-electron chi connectivity index (χ4n) is 9.31. The lowest BCUT2D eigenvalue weighted by atomic mass is 9.79. The topological polar surface area (TPSA) is 3.24 Å². The molecule has 0 N–H and O–H groups in total. The first-order valence-electron chi connectivity index (χ1n) is 19.8. The van der Waals surface area contributed by atoms with E-state index in [0.29, 0.717) is 0 Å². The standard InChI is InChI=1S/C55H39NS/c1-55(2)50-33-28-40(37-16-7-4-8-17-37)34-48(50)49-35-51(44-18-9-10-20-46(44)53(49)55)56(41-29-24-38(25-30-41)36-14-5-3-6-15-36)42-31-26-39(27-32-42)43-21-13-22-47-45-19-11-12-23-52(45)57-54(43)47/h3-35H,1-2H3. The lowest BCUT2D eigenvalue weighted by Crippen LogP contribution is -2.16. The van der Waals surface area contributed by atoms with Crippen molar-refractivity contribution in [1.82, 2.24) is 0 Å². The highest BCUT2D eigenvalue weighted by molar-refractivity contribution is 7.26. The van der Waals surface area contributed by atoms with Crippen LogP contribution in [0, 0.1) is 0 Å². The number of fused-ring (bicyclic) bond motifs is 8. The predicted octanol–water partition coefficient (Wildman–Crippen LogP) is 16.0. The maximum atomic E-state index is 2.47. The van der Waals surface area contributed by atoms with Gasteiger partial charge in [-0.3, -0.25) is 0 Å². The van der Waals surface area contributed by atoms with E-state index >= 15 is 0 Å². The van der Waals surface area contributed by atoms with Crippen molar-refractivity contribution in [3.05, 3.63) is 211 Å². The molecule has 1 aliphatic rings. The number of anilines is 3. The van der Waals surface area contributed by atoms with Gasteiger partial charge in [0, 0.05) is 42.3 Å². The Labute approximate surface area is 337 Å². The van der Waals surface area contributed by atoms with Crippen molar-refractivity contribution in [2.45, 2.75) is 19.3 Å². The van der Waals surface area contributed by atoms with E-state index in [1.807, 2.05) is 11.3 Å². The SMILES string of the molecule is CC1(C)c2ccc(-c3ccccc3)cc2-c2cc(N(c3ccc(-c4ccccc4)cc3)c3ccc(-c4cccc5c4sc4ccccc45)cc3)c3ccccc3c21. The second kappa shape index (κ2) is 13.2. The lowest BCUT2D eigenvalue weighted by molar-refractivity contribution is 0.666. The maximum absolute atomic E-state index is 2.47. The molecule has 0 bridgehead atoms. The molecule has 2 heteroatoms. The largest absolute Gasteiger partial charge is 0.310 e. The molecule has 57 heavy (non-hydrogen) atoms. The van der Waals surface area contributed by atoms with E-state index in [-0.39, 0.29) is 5.41 Å². The van der Waals surface area contributed by atoms with Crippen molar-refractivity contribution in [2.24, 2.45) is 0 Å². The molecule has 1 aliphatic carbocycles. The number of hydrogen-bond donors (Lipinski definition) is 0. The van der Waals surface area contributed by atoms with Crippen LogP contribution >= 0.6 is 11.3 Å². The van der Waals surface area contributed by atoms with Gasteiger partial charge in [0.25, 0.3) is 0 Å². The predicted molar refractivity (Wildman–Crippen MR) is 245 cm³/mol. The molecule has 0 amide bonds. The summed E-state index contributed by atoms with van der Waals surface area (Å²) >= 11 is 1.88. The minimum atomic E-state index is -0.157. The Morgan fingerprint density at radius 1 is 0.386 bits per heavy atom. The minimum absolute atomic E-state index is 0.157. The van der Waals surface area contributed by atoms with Gasteiger partial charge in [0.1, 0.15) is 0 Å². The molecule has 1 aromatic heterocycles. The van der Waals surface area contributed by atoms with Crippen LogP contribution < -0.4 is 4.90 Å². The van der Waals surface area contributed by atoms with Crippen molar-refractivity contribution < 1.29 is 0 Å². The molecule has 0 radical (unpaired) electrons. The van der Waals surface area contributed by atoms with E-state index in [2.05, 4.69) is 219 Å². The van der Waals surface area contributed by atoms with Crippen molar-refractivity contribution in [3.63, 3.8) is 0 Å². The molecule has 0 aliphatic heterocycles. The van der Waals surface area contributed by atoms with Crippen molar-refractivity contribution in [3.8, 4) is 44.5 Å². The molecule has 0 saturated heterocycles. The summed E-state index contributed by atoms with van der Waals surface area (Å²) < 4.78 is 2.66. The highest BCUT2D eigenvalue weighted by Crippen LogP contribution is 2.55. The van der Waals surface area contributed by atoms with E-state index in [1.54, 1.807) is 0 Å². The van der Waals surface area contributed by atoms with E-state index in [9.17, 15) is 0 Å². The molecule has 0 fully saturated rings. The van der Waals surface area contributed by atoms with Gasteiger partial charge in [0.15, 0.2) is 0 Å². The first-order valence-corrected chi connectivity index (χ1v) is 20.6. The Hall–Kier alpha value is -6.74. The zero-order chi connectivity index (χ0) is 38.1. The van der Waals surface area contributed by atoms with Gasteiger partial charge in [-0.15, -0.1) is 11.3 Å². The third-order valence-electron chi connectivity index (χ3n) is 12.1. The smallest absolute Gasteiger partial charge is 0.0546 e. The Balaban J connectivity index is 1.11. The Bertz CT molecular complexity index is 3120. The van der Waals surface area contributed by atoms with E-state index in [1.165, 1.54) is 92.3 Å². The van der Waals surface area contributed by atoms with Crippen LogP contribution in [-0.2, 0) is 5.41 Å². The van der Waals surface area contributed by atoms with Gasteiger partial charge in [-0.2, -0.15) is 0 Å². The molecule has 1 nitrogen and oxygen atoms in total. The zero-order valence-corrected chi connectivity index (χ0v) is 32.7. The van der Waals surface area contributed by atoms with Gasteiger partial charge in [-0.25, -0.2) is 0 Å². The summed E-state index contributed by atoms with van der Waals surface area (Å²) in [6.45, 7) is 4.78. The van der Waals surface area contributed by atoms with E-state index < -0.39 is 0 Å². The molecule has 9 aromatic carbocycles. The second-order valence-electron chi connectivity index (χ2n) is 15.7. The number of rotatable bonds is 6. The summed E-state index contributed by atoms with van der Waals surface area (Å²) in [7, 11) is 0. The Morgan fingerprint density at radius 2 is 0.930 bits per heavy atom. The van der Waals surface area contributed by atoms with Crippen molar-refractivity contribution in [1.29, 1.82) is 0 Å². The first-order chi connectivity index (χ1) is 28.0. The molecule has 10 aromatic rings. The van der Waals surface area contributed by atoms with Gasteiger partial charge in [-0.05, 0) is 103 Å². The molecular formula is C55H39NS. The minimum Gasteiger partial charge on any atom is -0.310 e. The Morgan fingerprint density at radius 3 is 1.63 bits per heavy atom. The summed E-state index contributed by atoms with van der Waals surface area (Å²) in [5.74, 6) is 0. The van der Waals surface area contributed by atoms with Gasteiger partial charge in [-0.1, -0.05) is 172 Å². The zero-order valence-electron chi connectivity index (χ0n) is 31.9. The van der Waals surface area contributed by atoms with Crippen molar-refractivity contribution in [2.75, 3.05) is 4.90 Å². The summed E-state index contributed by atoms with van der Waals surface area (Å²) in [6, 6.07) is 73.7. The van der Waals surface area contributed by atoms with Crippen LogP contribution in [0.2, 0.25) is 0 Å². The van der Waals surface area contributed by atoms with E-state index in [0.717, 1.165) is 11.4 Å². The van der Waals surface area contributed by atoms with Crippen LogP contribution in [0.25, 0.3) is 75.5 Å². The maximum Gasteiger partial charge on any atom is 0.0546 e. The molecule has 270 valence electrons. The van der Waals surface area contributed by atoms with Crippen molar-refractivity contribution >= 4 is 59.3 Å². The van der Waals surface area contributed by atoms with Crippen LogP contribution in [0.5, 0.6) is 0 Å². The molecule has 0 atom stereocenters. The number of hydrogen-bond acceptors (Lipinski definition) is 2. The molecule has 11 rings (SSSR count). The number of nitrogens with zero attached hydrogens (tertiary/aromatic N) is 1. The summed E-state index contributed by atoms with van der Waals surface area (Å²) in [4.78, 5) is 2.47. The first kappa shape index (κ1) is 33.6. The highest BCUT2D eigenvalue weighted by Gasteiger charge is 2.38. The normalized spacial score (nSPS) is 12.9. The van der Waals surface area contributed by atoms with Gasteiger partial charge >= 0.3 is 0 Å². The van der Waals surface area contributed by atoms with Crippen LogP contribution in [-0.4, -0.2) is 0 Å². The molecular weight excluding hydrogens is 707 g/mol. The fraction of sp³-hybridized carbons (Fsp3) is 0.0545. The van der Waals surface area contributed by atoms with E-state index in [4.69, 9.17) is 0 Å². The Kier molecular flexibility index (Phi) is 7.77. The fourth-order valence-corrected chi connectivity index (χ4v) is 10.5. The summed E-state index contributed by atoms with van der Waals surface area (Å²) in [5.41, 5.74) is 16.0. The second-order valence-corrected chi connectivity index (χ2v) is 16.7. The molecule has 0 saturated carbocycles. The van der Waals surface area contributed by atoms with Crippen LogP contribution in [0.15, 0.2) is 200 Å². The molecule has 0 spiro atoms. The summed E-state index contributed by atoms with van der Waals surface area (Å²) in [5, 5.41) is 5.18.